The van der Waals surface area contributed by atoms with Crippen LogP contribution < -0.4 is 20.2 Å². The van der Waals surface area contributed by atoms with Crippen molar-refractivity contribution in [1.82, 2.24) is 0 Å². The molecule has 0 spiro atoms. The van der Waals surface area contributed by atoms with Gasteiger partial charge < -0.3 is 9.47 Å². The Labute approximate surface area is 187 Å². The zero-order valence-corrected chi connectivity index (χ0v) is 18.8. The van der Waals surface area contributed by atoms with Crippen molar-refractivity contribution in [2.24, 2.45) is 0 Å². The largest absolute Gasteiger partial charge is 0.497 e. The lowest BCUT2D eigenvalue weighted by molar-refractivity contribution is -0.368. The van der Waals surface area contributed by atoms with Gasteiger partial charge in [-0.25, -0.2) is 4.98 Å². The molecule has 4 rings (SSSR count). The fraction of sp³-hybridized carbons (Fsp3) is 0.192. The summed E-state index contributed by atoms with van der Waals surface area (Å²) in [6.07, 6.45) is 0.865. The van der Waals surface area contributed by atoms with E-state index in [1.54, 1.807) is 14.2 Å². The van der Waals surface area contributed by atoms with Crippen LogP contribution in [0.2, 0.25) is 0 Å². The van der Waals surface area contributed by atoms with Crippen LogP contribution in [0.15, 0.2) is 72.1 Å². The first-order chi connectivity index (χ1) is 15.1. The standard InChI is InChI=1S/C26H26N2O2S/c1-17-4-13-25(30-3)23(14-17)20-7-5-18(6-8-20)15-22(24-16-31-26(27)28-24)19-9-11-21(29-2)12-10-19/h4-14,16,22H,15H2,1-3H3,(H2,27,28)/p+1/t22-/m0/s1. The SMILES string of the molecule is COc1ccc([C@H](Cc2ccc(-c3cc(C)ccc3OC)cc2)c2csc(N)[nH+]2)cc1. The van der Waals surface area contributed by atoms with Crippen molar-refractivity contribution >= 4 is 16.5 Å². The number of hydrogen-bond acceptors (Lipinski definition) is 4. The second kappa shape index (κ2) is 9.23. The van der Waals surface area contributed by atoms with Crippen molar-refractivity contribution in [3.63, 3.8) is 0 Å². The highest BCUT2D eigenvalue weighted by atomic mass is 32.1. The second-order valence-electron chi connectivity index (χ2n) is 7.61. The zero-order chi connectivity index (χ0) is 21.8. The van der Waals surface area contributed by atoms with E-state index >= 15 is 0 Å². The van der Waals surface area contributed by atoms with Crippen LogP contribution in [0.3, 0.4) is 0 Å². The molecule has 0 aliphatic carbocycles. The van der Waals surface area contributed by atoms with Gasteiger partial charge in [0.25, 0.3) is 0 Å². The lowest BCUT2D eigenvalue weighted by Gasteiger charge is -2.16. The van der Waals surface area contributed by atoms with Gasteiger partial charge in [-0.05, 0) is 54.3 Å². The van der Waals surface area contributed by atoms with Crippen LogP contribution >= 0.6 is 11.3 Å². The number of nitrogens with one attached hydrogen (secondary N) is 1. The fourth-order valence-corrected chi connectivity index (χ4v) is 4.50. The fourth-order valence-electron chi connectivity index (χ4n) is 3.84. The molecule has 1 atom stereocenters. The molecule has 5 heteroatoms. The Morgan fingerprint density at radius 2 is 1.68 bits per heavy atom. The third-order valence-electron chi connectivity index (χ3n) is 5.53. The first kappa shape index (κ1) is 20.9. The lowest BCUT2D eigenvalue weighted by Crippen LogP contribution is -2.17. The van der Waals surface area contributed by atoms with Gasteiger partial charge in [0.2, 0.25) is 0 Å². The quantitative estimate of drug-likeness (QED) is 0.420. The van der Waals surface area contributed by atoms with E-state index in [2.05, 4.69) is 65.8 Å². The molecule has 158 valence electrons. The van der Waals surface area contributed by atoms with Gasteiger partial charge in [0.1, 0.15) is 17.2 Å². The molecule has 0 aliphatic heterocycles. The first-order valence-corrected chi connectivity index (χ1v) is 11.1. The number of H-pyrrole nitrogens is 1. The number of ether oxygens (including phenoxy) is 2. The van der Waals surface area contributed by atoms with Gasteiger partial charge in [0.15, 0.2) is 0 Å². The number of aromatic amines is 1. The predicted octanol–water partition coefficient (Wildman–Crippen LogP) is 5.51. The van der Waals surface area contributed by atoms with E-state index in [1.165, 1.54) is 28.0 Å². The smallest absolute Gasteiger partial charge is 0.329 e. The number of thiazole rings is 1. The Morgan fingerprint density at radius 3 is 2.29 bits per heavy atom. The maximum absolute atomic E-state index is 5.99. The van der Waals surface area contributed by atoms with Crippen molar-refractivity contribution in [2.45, 2.75) is 19.3 Å². The molecule has 0 radical (unpaired) electrons. The van der Waals surface area contributed by atoms with Crippen LogP contribution in [0.25, 0.3) is 11.1 Å². The van der Waals surface area contributed by atoms with Crippen LogP contribution in [-0.4, -0.2) is 14.2 Å². The van der Waals surface area contributed by atoms with Gasteiger partial charge in [-0.1, -0.05) is 59.4 Å². The van der Waals surface area contributed by atoms with Gasteiger partial charge in [-0.15, -0.1) is 0 Å². The topological polar surface area (TPSA) is 58.6 Å². The molecular formula is C26H27N2O2S+. The third kappa shape index (κ3) is 4.72. The highest BCUT2D eigenvalue weighted by Gasteiger charge is 2.21. The van der Waals surface area contributed by atoms with Crippen molar-refractivity contribution < 1.29 is 14.5 Å². The number of nitrogen functional groups attached to an aromatic ring is 1. The summed E-state index contributed by atoms with van der Waals surface area (Å²) in [6.45, 7) is 2.10. The minimum atomic E-state index is 0.179. The lowest BCUT2D eigenvalue weighted by atomic mass is 9.89. The van der Waals surface area contributed by atoms with Crippen LogP contribution in [-0.2, 0) is 6.42 Å². The van der Waals surface area contributed by atoms with Crippen LogP contribution in [0.1, 0.15) is 28.3 Å². The Balaban J connectivity index is 1.63. The Hall–Kier alpha value is -3.31. The van der Waals surface area contributed by atoms with Gasteiger partial charge in [-0.3, -0.25) is 5.73 Å². The van der Waals surface area contributed by atoms with E-state index in [0.29, 0.717) is 0 Å². The Kier molecular flexibility index (Phi) is 6.23. The molecular weight excluding hydrogens is 404 g/mol. The number of aromatic nitrogens is 1. The van der Waals surface area contributed by atoms with Crippen molar-refractivity contribution in [1.29, 1.82) is 0 Å². The summed E-state index contributed by atoms with van der Waals surface area (Å²) in [4.78, 5) is 3.33. The highest BCUT2D eigenvalue weighted by molar-refractivity contribution is 7.13. The average Bonchev–Trinajstić information content (AvgIpc) is 3.24. The Bertz CT molecular complexity index is 1150. The molecule has 3 aromatic carbocycles. The number of nitrogens with two attached hydrogens (primary N) is 1. The maximum atomic E-state index is 5.99. The van der Waals surface area contributed by atoms with Crippen LogP contribution in [0.5, 0.6) is 11.5 Å². The van der Waals surface area contributed by atoms with Crippen LogP contribution in [0.4, 0.5) is 5.13 Å². The molecule has 0 saturated heterocycles. The number of rotatable bonds is 7. The first-order valence-electron chi connectivity index (χ1n) is 10.2. The summed E-state index contributed by atoms with van der Waals surface area (Å²) in [5.74, 6) is 1.92. The van der Waals surface area contributed by atoms with Crippen molar-refractivity contribution in [3.8, 4) is 22.6 Å². The summed E-state index contributed by atoms with van der Waals surface area (Å²) in [5, 5.41) is 2.83. The molecule has 0 bridgehead atoms. The van der Waals surface area contributed by atoms with Gasteiger partial charge in [-0.2, -0.15) is 0 Å². The minimum absolute atomic E-state index is 0.179. The molecule has 0 unspecified atom stereocenters. The third-order valence-corrected chi connectivity index (χ3v) is 6.26. The number of methoxy groups -OCH3 is 2. The van der Waals surface area contributed by atoms with Crippen molar-refractivity contribution in [2.75, 3.05) is 20.0 Å². The maximum Gasteiger partial charge on any atom is 0.329 e. The summed E-state index contributed by atoms with van der Waals surface area (Å²) in [6, 6.07) is 23.2. The molecule has 1 aromatic heterocycles. The van der Waals surface area contributed by atoms with E-state index in [9.17, 15) is 0 Å². The Morgan fingerprint density at radius 1 is 0.935 bits per heavy atom. The molecule has 4 aromatic rings. The van der Waals surface area contributed by atoms with Crippen LogP contribution in [0, 0.1) is 6.92 Å². The summed E-state index contributed by atoms with van der Waals surface area (Å²) in [7, 11) is 3.40. The monoisotopic (exact) mass is 431 g/mol. The van der Waals surface area contributed by atoms with E-state index < -0.39 is 0 Å². The number of benzene rings is 3. The van der Waals surface area contributed by atoms with E-state index in [-0.39, 0.29) is 5.92 Å². The van der Waals surface area contributed by atoms with E-state index in [1.807, 2.05) is 18.2 Å². The van der Waals surface area contributed by atoms with Gasteiger partial charge in [0, 0.05) is 10.9 Å². The summed E-state index contributed by atoms with van der Waals surface area (Å²) < 4.78 is 10.9. The number of anilines is 1. The molecule has 0 aliphatic rings. The highest BCUT2D eigenvalue weighted by Crippen LogP contribution is 2.33. The molecule has 3 N–H and O–H groups in total. The zero-order valence-electron chi connectivity index (χ0n) is 18.0. The van der Waals surface area contributed by atoms with E-state index in [0.717, 1.165) is 39.9 Å². The molecule has 4 nitrogen and oxygen atoms in total. The normalized spacial score (nSPS) is 11.8. The number of aryl methyl sites for hydroxylation is 1. The van der Waals surface area contributed by atoms with Crippen molar-refractivity contribution in [3.05, 3.63) is 94.5 Å². The minimum Gasteiger partial charge on any atom is -0.497 e. The molecule has 0 amide bonds. The summed E-state index contributed by atoms with van der Waals surface area (Å²) in [5.41, 5.74) is 13.1. The van der Waals surface area contributed by atoms with Gasteiger partial charge in [0.05, 0.1) is 20.1 Å². The molecule has 0 fully saturated rings. The average molecular weight is 432 g/mol. The molecule has 31 heavy (non-hydrogen) atoms. The van der Waals surface area contributed by atoms with E-state index in [4.69, 9.17) is 15.2 Å². The summed E-state index contributed by atoms with van der Waals surface area (Å²) >= 11 is 1.53. The predicted molar refractivity (Wildman–Crippen MR) is 127 cm³/mol. The van der Waals surface area contributed by atoms with Gasteiger partial charge >= 0.3 is 5.13 Å². The molecule has 1 heterocycles. The number of hydrogen-bond donors (Lipinski definition) is 1. The second-order valence-corrected chi connectivity index (χ2v) is 8.52. The molecule has 0 saturated carbocycles.